The minimum absolute atomic E-state index is 0.764. The van der Waals surface area contributed by atoms with Gasteiger partial charge in [0.2, 0.25) is 0 Å². The topological polar surface area (TPSA) is 42.3 Å². The number of nitriles is 1. The quantitative estimate of drug-likeness (QED) is 0.845. The summed E-state index contributed by atoms with van der Waals surface area (Å²) in [4.78, 5) is 3.55. The summed E-state index contributed by atoms with van der Waals surface area (Å²) in [5.74, 6) is 0. The van der Waals surface area contributed by atoms with Crippen molar-refractivity contribution in [3.8, 4) is 6.07 Å². The van der Waals surface area contributed by atoms with Gasteiger partial charge in [-0.2, -0.15) is 5.26 Å². The third-order valence-corrected chi connectivity index (χ3v) is 3.70. The summed E-state index contributed by atoms with van der Waals surface area (Å²) in [5.41, 5.74) is 4.17. The second-order valence-electron chi connectivity index (χ2n) is 4.04. The molecule has 4 nitrogen and oxygen atoms in total. The van der Waals surface area contributed by atoms with Gasteiger partial charge < -0.3 is 4.90 Å². The van der Waals surface area contributed by atoms with Crippen molar-refractivity contribution in [2.75, 3.05) is 33.2 Å². The van der Waals surface area contributed by atoms with E-state index in [0.29, 0.717) is 0 Å². The van der Waals surface area contributed by atoms with E-state index in [1.165, 1.54) is 4.88 Å². The number of hydrogen-bond donors (Lipinski definition) is 1. The molecule has 0 atom stereocenters. The molecule has 0 bridgehead atoms. The van der Waals surface area contributed by atoms with E-state index in [9.17, 15) is 0 Å². The molecule has 0 aromatic carbocycles. The van der Waals surface area contributed by atoms with Crippen molar-refractivity contribution in [3.63, 3.8) is 0 Å². The Morgan fingerprint density at radius 1 is 1.44 bits per heavy atom. The molecule has 1 aromatic rings. The van der Waals surface area contributed by atoms with Gasteiger partial charge in [0, 0.05) is 43.0 Å². The van der Waals surface area contributed by atoms with E-state index >= 15 is 0 Å². The zero-order valence-corrected chi connectivity index (χ0v) is 10.3. The lowest BCUT2D eigenvalue weighted by Gasteiger charge is -2.32. The molecule has 16 heavy (non-hydrogen) atoms. The number of thiophene rings is 1. The molecule has 1 fully saturated rings. The van der Waals surface area contributed by atoms with Gasteiger partial charge in [0.15, 0.2) is 0 Å². The van der Waals surface area contributed by atoms with Gasteiger partial charge in [-0.15, -0.1) is 11.3 Å². The van der Waals surface area contributed by atoms with Crippen LogP contribution in [0.5, 0.6) is 0 Å². The van der Waals surface area contributed by atoms with Crippen LogP contribution >= 0.6 is 11.3 Å². The second kappa shape index (κ2) is 5.41. The first-order valence-corrected chi connectivity index (χ1v) is 6.30. The Balaban J connectivity index is 1.77. The van der Waals surface area contributed by atoms with E-state index < -0.39 is 0 Å². The fourth-order valence-electron chi connectivity index (χ4n) is 1.69. The van der Waals surface area contributed by atoms with Gasteiger partial charge in [0.25, 0.3) is 0 Å². The highest BCUT2D eigenvalue weighted by Crippen LogP contribution is 2.13. The first-order valence-electron chi connectivity index (χ1n) is 5.42. The minimum Gasteiger partial charge on any atom is -0.304 e. The number of nitrogens with one attached hydrogen (secondary N) is 1. The summed E-state index contributed by atoms with van der Waals surface area (Å²) in [6.07, 6.45) is 0. The first kappa shape index (κ1) is 11.6. The van der Waals surface area contributed by atoms with Crippen LogP contribution in [-0.4, -0.2) is 43.1 Å². The van der Waals surface area contributed by atoms with Gasteiger partial charge >= 0.3 is 0 Å². The SMILES string of the molecule is CN1CCN(NCc2cc(C#N)cs2)CC1. The van der Waals surface area contributed by atoms with E-state index in [-0.39, 0.29) is 0 Å². The molecule has 2 rings (SSSR count). The van der Waals surface area contributed by atoms with Crippen LogP contribution in [0.2, 0.25) is 0 Å². The molecule has 0 aliphatic carbocycles. The maximum absolute atomic E-state index is 8.72. The molecule has 0 amide bonds. The molecule has 0 saturated carbocycles. The number of rotatable bonds is 3. The predicted octanol–water partition coefficient (Wildman–Crippen LogP) is 0.872. The first-order chi connectivity index (χ1) is 7.78. The predicted molar refractivity (Wildman–Crippen MR) is 64.9 cm³/mol. The van der Waals surface area contributed by atoms with Crippen molar-refractivity contribution in [3.05, 3.63) is 21.9 Å². The summed E-state index contributed by atoms with van der Waals surface area (Å²) in [5, 5.41) is 12.9. The molecule has 86 valence electrons. The highest BCUT2D eigenvalue weighted by atomic mass is 32.1. The maximum atomic E-state index is 8.72. The van der Waals surface area contributed by atoms with Crippen molar-refractivity contribution in [1.82, 2.24) is 15.3 Å². The number of nitrogens with zero attached hydrogens (tertiary/aromatic N) is 3. The zero-order chi connectivity index (χ0) is 11.4. The number of likely N-dealkylation sites (N-methyl/N-ethyl adjacent to an activating group) is 1. The van der Waals surface area contributed by atoms with Crippen LogP contribution in [0.1, 0.15) is 10.4 Å². The Morgan fingerprint density at radius 2 is 2.19 bits per heavy atom. The van der Waals surface area contributed by atoms with Gasteiger partial charge in [-0.3, -0.25) is 0 Å². The number of hydrogen-bond acceptors (Lipinski definition) is 5. The van der Waals surface area contributed by atoms with Crippen molar-refractivity contribution >= 4 is 11.3 Å². The Bertz CT molecular complexity index is 374. The van der Waals surface area contributed by atoms with Crippen LogP contribution in [0.25, 0.3) is 0 Å². The monoisotopic (exact) mass is 236 g/mol. The van der Waals surface area contributed by atoms with E-state index in [1.54, 1.807) is 11.3 Å². The van der Waals surface area contributed by atoms with Crippen LogP contribution in [0, 0.1) is 11.3 Å². The van der Waals surface area contributed by atoms with Gasteiger partial charge in [-0.1, -0.05) is 0 Å². The summed E-state index contributed by atoms with van der Waals surface area (Å²) >= 11 is 1.64. The summed E-state index contributed by atoms with van der Waals surface area (Å²) in [7, 11) is 2.15. The van der Waals surface area contributed by atoms with Gasteiger partial charge in [-0.25, -0.2) is 10.4 Å². The van der Waals surface area contributed by atoms with Crippen LogP contribution in [0.4, 0.5) is 0 Å². The fraction of sp³-hybridized carbons (Fsp3) is 0.545. The van der Waals surface area contributed by atoms with E-state index in [0.717, 1.165) is 38.3 Å². The van der Waals surface area contributed by atoms with Crippen LogP contribution < -0.4 is 5.43 Å². The van der Waals surface area contributed by atoms with Crippen LogP contribution in [-0.2, 0) is 6.54 Å². The summed E-state index contributed by atoms with van der Waals surface area (Å²) in [6, 6.07) is 4.11. The lowest BCUT2D eigenvalue weighted by Crippen LogP contribution is -2.50. The van der Waals surface area contributed by atoms with Gasteiger partial charge in [-0.05, 0) is 13.1 Å². The molecule has 1 aliphatic rings. The molecular formula is C11H16N4S. The molecule has 0 spiro atoms. The third-order valence-electron chi connectivity index (χ3n) is 2.76. The molecule has 0 unspecified atom stereocenters. The van der Waals surface area contributed by atoms with Crippen molar-refractivity contribution in [1.29, 1.82) is 5.26 Å². The lowest BCUT2D eigenvalue weighted by molar-refractivity contribution is 0.102. The molecule has 1 N–H and O–H groups in total. The highest BCUT2D eigenvalue weighted by Gasteiger charge is 2.13. The normalized spacial score (nSPS) is 18.5. The standard InChI is InChI=1S/C11H16N4S/c1-14-2-4-15(5-3-14)13-8-11-6-10(7-12)9-16-11/h6,9,13H,2-5,8H2,1H3. The van der Waals surface area contributed by atoms with Crippen molar-refractivity contribution < 1.29 is 0 Å². The van der Waals surface area contributed by atoms with E-state index in [1.807, 2.05) is 11.4 Å². The molecule has 1 aromatic heterocycles. The Labute approximate surface area is 100 Å². The Hall–Kier alpha value is -0.930. The molecule has 5 heteroatoms. The summed E-state index contributed by atoms with van der Waals surface area (Å²) < 4.78 is 0. The molecular weight excluding hydrogens is 220 g/mol. The maximum Gasteiger partial charge on any atom is 0.100 e. The number of hydrazine groups is 1. The summed E-state index contributed by atoms with van der Waals surface area (Å²) in [6.45, 7) is 5.18. The Kier molecular flexibility index (Phi) is 3.91. The molecule has 0 radical (unpaired) electrons. The molecule has 2 heterocycles. The van der Waals surface area contributed by atoms with E-state index in [4.69, 9.17) is 5.26 Å². The average molecular weight is 236 g/mol. The minimum atomic E-state index is 0.764. The smallest absolute Gasteiger partial charge is 0.100 e. The van der Waals surface area contributed by atoms with Crippen molar-refractivity contribution in [2.24, 2.45) is 0 Å². The van der Waals surface area contributed by atoms with E-state index in [2.05, 4.69) is 28.5 Å². The van der Waals surface area contributed by atoms with Crippen molar-refractivity contribution in [2.45, 2.75) is 6.54 Å². The van der Waals surface area contributed by atoms with Crippen LogP contribution in [0.3, 0.4) is 0 Å². The fourth-order valence-corrected chi connectivity index (χ4v) is 2.43. The number of piperazine rings is 1. The largest absolute Gasteiger partial charge is 0.304 e. The zero-order valence-electron chi connectivity index (χ0n) is 9.44. The lowest BCUT2D eigenvalue weighted by atomic mass is 10.3. The molecule has 1 aliphatic heterocycles. The second-order valence-corrected chi connectivity index (χ2v) is 5.03. The highest BCUT2D eigenvalue weighted by molar-refractivity contribution is 7.10. The van der Waals surface area contributed by atoms with Crippen LogP contribution in [0.15, 0.2) is 11.4 Å². The Morgan fingerprint density at radius 3 is 2.81 bits per heavy atom. The average Bonchev–Trinajstić information content (AvgIpc) is 2.76. The van der Waals surface area contributed by atoms with Gasteiger partial charge in [0.05, 0.1) is 5.56 Å². The third kappa shape index (κ3) is 3.03. The molecule has 1 saturated heterocycles. The van der Waals surface area contributed by atoms with Gasteiger partial charge in [0.1, 0.15) is 6.07 Å².